The summed E-state index contributed by atoms with van der Waals surface area (Å²) in [5.41, 5.74) is 1.44. The first-order chi connectivity index (χ1) is 13.3. The molecule has 0 saturated heterocycles. The Labute approximate surface area is 168 Å². The van der Waals surface area contributed by atoms with E-state index in [-0.39, 0.29) is 24.5 Å². The van der Waals surface area contributed by atoms with Gasteiger partial charge < -0.3 is 19.5 Å². The molecule has 2 heterocycles. The number of carbonyl (C=O) groups is 2. The molecule has 2 aromatic rings. The van der Waals surface area contributed by atoms with Crippen LogP contribution >= 0.6 is 11.3 Å². The molecule has 28 heavy (non-hydrogen) atoms. The van der Waals surface area contributed by atoms with Crippen LogP contribution < -0.4 is 14.8 Å². The summed E-state index contributed by atoms with van der Waals surface area (Å²) in [5, 5.41) is 2.96. The van der Waals surface area contributed by atoms with Gasteiger partial charge in [-0.3, -0.25) is 4.79 Å². The molecule has 6 nitrogen and oxygen atoms in total. The molecule has 150 valence electrons. The largest absolute Gasteiger partial charge is 0.486 e. The van der Waals surface area contributed by atoms with Gasteiger partial charge in [-0.1, -0.05) is 19.9 Å². The lowest BCUT2D eigenvalue weighted by atomic mass is 9.95. The van der Waals surface area contributed by atoms with Crippen LogP contribution in [0.25, 0.3) is 0 Å². The van der Waals surface area contributed by atoms with Crippen LogP contribution in [0, 0.1) is 19.8 Å². The minimum atomic E-state index is -0.475. The Kier molecular flexibility index (Phi) is 6.24. The lowest BCUT2D eigenvalue weighted by Crippen LogP contribution is -2.35. The summed E-state index contributed by atoms with van der Waals surface area (Å²) in [7, 11) is 0. The molecule has 1 N–H and O–H groups in total. The minimum absolute atomic E-state index is 0.143. The number of ether oxygens (including phenoxy) is 3. The Morgan fingerprint density at radius 2 is 1.86 bits per heavy atom. The number of hydrogen-bond donors (Lipinski definition) is 1. The van der Waals surface area contributed by atoms with Crippen molar-refractivity contribution in [3.05, 3.63) is 45.1 Å². The predicted molar refractivity (Wildman–Crippen MR) is 107 cm³/mol. The lowest BCUT2D eigenvalue weighted by molar-refractivity contribution is -0.125. The first kappa shape index (κ1) is 20.2. The van der Waals surface area contributed by atoms with Crippen LogP contribution in [0.4, 0.5) is 0 Å². The molecule has 0 bridgehead atoms. The average Bonchev–Trinajstić information content (AvgIpc) is 3.01. The van der Waals surface area contributed by atoms with Gasteiger partial charge in [0.05, 0.1) is 11.6 Å². The van der Waals surface area contributed by atoms with Crippen LogP contribution in [-0.4, -0.2) is 31.7 Å². The van der Waals surface area contributed by atoms with E-state index in [1.165, 1.54) is 11.3 Å². The maximum Gasteiger partial charge on any atom is 0.339 e. The summed E-state index contributed by atoms with van der Waals surface area (Å²) < 4.78 is 16.4. The van der Waals surface area contributed by atoms with Gasteiger partial charge in [0, 0.05) is 9.75 Å². The van der Waals surface area contributed by atoms with Crippen LogP contribution in [-0.2, 0) is 9.53 Å². The Hall–Kier alpha value is -2.54. The molecule has 0 saturated carbocycles. The normalized spacial score (nSPS) is 13.9. The molecule has 1 aromatic heterocycles. The van der Waals surface area contributed by atoms with E-state index in [1.54, 1.807) is 6.07 Å². The fraction of sp³-hybridized carbons (Fsp3) is 0.429. The molecular weight excluding hydrogens is 378 g/mol. The van der Waals surface area contributed by atoms with Crippen molar-refractivity contribution in [1.29, 1.82) is 0 Å². The van der Waals surface area contributed by atoms with Crippen molar-refractivity contribution in [1.82, 2.24) is 5.32 Å². The second-order valence-corrected chi connectivity index (χ2v) is 8.56. The fourth-order valence-corrected chi connectivity index (χ4v) is 4.06. The first-order valence-electron chi connectivity index (χ1n) is 9.28. The number of nitrogens with one attached hydrogen (secondary N) is 1. The standard InChI is InChI=1S/C21H25NO5S/c1-12(2)20(15-5-6-17-18(10-15)26-8-7-25-17)22-19(23)11-27-21(24)16-9-13(3)28-14(16)4/h5-6,9-10,12,20H,7-8,11H2,1-4H3,(H,22,23)/t20-/m1/s1. The van der Waals surface area contributed by atoms with Crippen molar-refractivity contribution in [2.24, 2.45) is 5.92 Å². The third-order valence-electron chi connectivity index (χ3n) is 4.50. The molecule has 1 atom stereocenters. The Morgan fingerprint density at radius 1 is 1.14 bits per heavy atom. The van der Waals surface area contributed by atoms with E-state index in [0.717, 1.165) is 15.3 Å². The smallest absolute Gasteiger partial charge is 0.339 e. The van der Waals surface area contributed by atoms with E-state index in [1.807, 2.05) is 45.9 Å². The monoisotopic (exact) mass is 403 g/mol. The predicted octanol–water partition coefficient (Wildman–Crippen LogP) is 3.81. The van der Waals surface area contributed by atoms with E-state index in [9.17, 15) is 9.59 Å². The molecule has 0 aliphatic carbocycles. The number of thiophene rings is 1. The zero-order valence-electron chi connectivity index (χ0n) is 16.5. The average molecular weight is 404 g/mol. The van der Waals surface area contributed by atoms with Crippen LogP contribution in [0.2, 0.25) is 0 Å². The molecule has 3 rings (SSSR count). The number of amides is 1. The highest BCUT2D eigenvalue weighted by molar-refractivity contribution is 7.12. The first-order valence-corrected chi connectivity index (χ1v) is 10.1. The maximum atomic E-state index is 12.4. The van der Waals surface area contributed by atoms with Gasteiger partial charge in [-0.2, -0.15) is 0 Å². The number of fused-ring (bicyclic) bond motifs is 1. The Bertz CT molecular complexity index is 874. The third kappa shape index (κ3) is 4.65. The van der Waals surface area contributed by atoms with Crippen molar-refractivity contribution >= 4 is 23.2 Å². The van der Waals surface area contributed by atoms with Gasteiger partial charge in [-0.25, -0.2) is 4.79 Å². The molecule has 0 fully saturated rings. The van der Waals surface area contributed by atoms with Gasteiger partial charge in [-0.15, -0.1) is 11.3 Å². The van der Waals surface area contributed by atoms with E-state index in [4.69, 9.17) is 14.2 Å². The fourth-order valence-electron chi connectivity index (χ4n) is 3.15. The van der Waals surface area contributed by atoms with Gasteiger partial charge in [-0.05, 0) is 43.5 Å². The van der Waals surface area contributed by atoms with E-state index >= 15 is 0 Å². The van der Waals surface area contributed by atoms with Crippen molar-refractivity contribution in [2.45, 2.75) is 33.7 Å². The highest BCUT2D eigenvalue weighted by Gasteiger charge is 2.22. The molecular formula is C21H25NO5S. The zero-order valence-corrected chi connectivity index (χ0v) is 17.4. The SMILES string of the molecule is Cc1cc(C(=O)OCC(=O)N[C@@H](c2ccc3c(c2)OCCO3)C(C)C)c(C)s1. The van der Waals surface area contributed by atoms with Gasteiger partial charge in [0.2, 0.25) is 0 Å². The molecule has 0 unspecified atom stereocenters. The Morgan fingerprint density at radius 3 is 2.50 bits per heavy atom. The number of carbonyl (C=O) groups excluding carboxylic acids is 2. The highest BCUT2D eigenvalue weighted by Crippen LogP contribution is 2.34. The van der Waals surface area contributed by atoms with E-state index < -0.39 is 5.97 Å². The highest BCUT2D eigenvalue weighted by atomic mass is 32.1. The van der Waals surface area contributed by atoms with Gasteiger partial charge in [0.15, 0.2) is 18.1 Å². The Balaban J connectivity index is 1.63. The van der Waals surface area contributed by atoms with Gasteiger partial charge in [0.1, 0.15) is 13.2 Å². The molecule has 0 radical (unpaired) electrons. The van der Waals surface area contributed by atoms with Crippen molar-refractivity contribution in [3.8, 4) is 11.5 Å². The summed E-state index contributed by atoms with van der Waals surface area (Å²) >= 11 is 1.53. The number of rotatable bonds is 6. The second-order valence-electron chi connectivity index (χ2n) is 7.10. The van der Waals surface area contributed by atoms with Crippen LogP contribution in [0.5, 0.6) is 11.5 Å². The second kappa shape index (κ2) is 8.65. The molecule has 7 heteroatoms. The summed E-state index contributed by atoms with van der Waals surface area (Å²) in [6, 6.07) is 7.22. The van der Waals surface area contributed by atoms with Crippen LogP contribution in [0.3, 0.4) is 0 Å². The summed E-state index contributed by atoms with van der Waals surface area (Å²) in [6.45, 7) is 8.56. The number of benzene rings is 1. The van der Waals surface area contributed by atoms with Gasteiger partial charge >= 0.3 is 5.97 Å². The summed E-state index contributed by atoms with van der Waals surface area (Å²) in [5.74, 6) is 0.713. The number of esters is 1. The molecule has 1 amide bonds. The topological polar surface area (TPSA) is 73.9 Å². The van der Waals surface area contributed by atoms with E-state index in [0.29, 0.717) is 30.3 Å². The van der Waals surface area contributed by atoms with Crippen molar-refractivity contribution < 1.29 is 23.8 Å². The third-order valence-corrected chi connectivity index (χ3v) is 5.47. The van der Waals surface area contributed by atoms with Crippen molar-refractivity contribution in [2.75, 3.05) is 19.8 Å². The molecule has 0 spiro atoms. The quantitative estimate of drug-likeness (QED) is 0.743. The van der Waals surface area contributed by atoms with Crippen LogP contribution in [0.1, 0.15) is 45.6 Å². The maximum absolute atomic E-state index is 12.4. The zero-order chi connectivity index (χ0) is 20.3. The molecule has 1 aromatic carbocycles. The lowest BCUT2D eigenvalue weighted by Gasteiger charge is -2.25. The summed E-state index contributed by atoms with van der Waals surface area (Å²) in [6.07, 6.45) is 0. The molecule has 1 aliphatic rings. The number of hydrogen-bond acceptors (Lipinski definition) is 6. The van der Waals surface area contributed by atoms with E-state index in [2.05, 4.69) is 5.32 Å². The number of aryl methyl sites for hydroxylation is 2. The summed E-state index contributed by atoms with van der Waals surface area (Å²) in [4.78, 5) is 26.5. The van der Waals surface area contributed by atoms with Crippen LogP contribution in [0.15, 0.2) is 24.3 Å². The minimum Gasteiger partial charge on any atom is -0.486 e. The van der Waals surface area contributed by atoms with Crippen molar-refractivity contribution in [3.63, 3.8) is 0 Å². The molecule has 1 aliphatic heterocycles. The van der Waals surface area contributed by atoms with Gasteiger partial charge in [0.25, 0.3) is 5.91 Å².